The zero-order valence-electron chi connectivity index (χ0n) is 9.13. The molecule has 0 saturated heterocycles. The molecule has 17 heavy (non-hydrogen) atoms. The second-order valence-corrected chi connectivity index (χ2v) is 4.53. The van der Waals surface area contributed by atoms with E-state index in [2.05, 4.69) is 4.98 Å². The Balaban J connectivity index is 0.00000108. The molecule has 0 saturated carbocycles. The Morgan fingerprint density at radius 3 is 2.41 bits per heavy atom. The summed E-state index contributed by atoms with van der Waals surface area (Å²) in [7, 11) is 0. The molecule has 0 amide bonds. The first-order chi connectivity index (χ1) is 7.84. The first kappa shape index (κ1) is 12.2. The summed E-state index contributed by atoms with van der Waals surface area (Å²) in [5, 5.41) is 10.6. The van der Waals surface area contributed by atoms with Gasteiger partial charge in [-0.25, -0.2) is 4.98 Å². The van der Waals surface area contributed by atoms with Crippen molar-refractivity contribution in [2.75, 3.05) is 0 Å². The number of aromatic nitrogens is 1. The predicted octanol–water partition coefficient (Wildman–Crippen LogP) is 3.67. The molecule has 1 heterocycles. The van der Waals surface area contributed by atoms with Gasteiger partial charge in [0.25, 0.3) is 0 Å². The minimum atomic E-state index is 0. The van der Waals surface area contributed by atoms with Crippen molar-refractivity contribution in [1.29, 1.82) is 0 Å². The summed E-state index contributed by atoms with van der Waals surface area (Å²) in [6.07, 6.45) is 0. The molecule has 3 rings (SSSR count). The Bertz CT molecular complexity index is 617. The number of rotatable bonds is 1. The minimum Gasteiger partial charge on any atom is -0.507 e. The second kappa shape index (κ2) is 4.95. The van der Waals surface area contributed by atoms with Crippen LogP contribution in [0.5, 0.6) is 5.75 Å². The van der Waals surface area contributed by atoms with E-state index in [1.54, 1.807) is 17.4 Å². The van der Waals surface area contributed by atoms with E-state index >= 15 is 0 Å². The van der Waals surface area contributed by atoms with Crippen molar-refractivity contribution in [3.05, 3.63) is 48.5 Å². The van der Waals surface area contributed by atoms with Gasteiger partial charge in [-0.1, -0.05) is 24.3 Å². The SMILES string of the molecule is Oc1ccccc1-c1nc2ccccc2s1.[Zn]. The molecule has 0 aliphatic heterocycles. The smallest absolute Gasteiger partial charge is 0.128 e. The summed E-state index contributed by atoms with van der Waals surface area (Å²) >= 11 is 1.59. The van der Waals surface area contributed by atoms with Gasteiger partial charge in [0.05, 0.1) is 15.8 Å². The number of hydrogen-bond acceptors (Lipinski definition) is 3. The van der Waals surface area contributed by atoms with Crippen LogP contribution in [0.4, 0.5) is 0 Å². The Kier molecular flexibility index (Phi) is 3.55. The molecule has 4 heteroatoms. The quantitative estimate of drug-likeness (QED) is 0.694. The van der Waals surface area contributed by atoms with Gasteiger partial charge in [-0.2, -0.15) is 0 Å². The number of thiazole rings is 1. The zero-order valence-corrected chi connectivity index (χ0v) is 12.9. The number of phenolic OH excluding ortho intramolecular Hbond substituents is 1. The Morgan fingerprint density at radius 1 is 0.941 bits per heavy atom. The molecular weight excluding hydrogens is 284 g/mol. The Morgan fingerprint density at radius 2 is 1.65 bits per heavy atom. The van der Waals surface area contributed by atoms with E-state index in [4.69, 9.17) is 0 Å². The fourth-order valence-electron chi connectivity index (χ4n) is 1.64. The van der Waals surface area contributed by atoms with E-state index in [1.807, 2.05) is 42.5 Å². The van der Waals surface area contributed by atoms with Crippen LogP contribution < -0.4 is 0 Å². The number of benzene rings is 2. The number of phenols is 1. The molecule has 0 unspecified atom stereocenters. The van der Waals surface area contributed by atoms with Gasteiger partial charge in [0.1, 0.15) is 10.8 Å². The van der Waals surface area contributed by atoms with E-state index in [0.717, 1.165) is 20.8 Å². The van der Waals surface area contributed by atoms with Crippen molar-refractivity contribution < 1.29 is 24.6 Å². The van der Waals surface area contributed by atoms with Crippen molar-refractivity contribution in [1.82, 2.24) is 4.98 Å². The van der Waals surface area contributed by atoms with Crippen molar-refractivity contribution >= 4 is 21.6 Å². The van der Waals surface area contributed by atoms with Crippen molar-refractivity contribution in [2.24, 2.45) is 0 Å². The van der Waals surface area contributed by atoms with Gasteiger partial charge >= 0.3 is 0 Å². The third kappa shape index (κ3) is 2.24. The van der Waals surface area contributed by atoms with Gasteiger partial charge in [0.2, 0.25) is 0 Å². The number of para-hydroxylation sites is 2. The fraction of sp³-hybridized carbons (Fsp3) is 0. The molecule has 1 aromatic heterocycles. The summed E-state index contributed by atoms with van der Waals surface area (Å²) in [4.78, 5) is 4.50. The predicted molar refractivity (Wildman–Crippen MR) is 66.7 cm³/mol. The van der Waals surface area contributed by atoms with Crippen LogP contribution in [0.2, 0.25) is 0 Å². The largest absolute Gasteiger partial charge is 0.507 e. The standard InChI is InChI=1S/C13H9NOS.Zn/c15-11-7-3-1-5-9(11)13-14-10-6-2-4-8-12(10)16-13;/h1-8,15H;. The summed E-state index contributed by atoms with van der Waals surface area (Å²) in [6.45, 7) is 0. The maximum Gasteiger partial charge on any atom is 0.128 e. The first-order valence-electron chi connectivity index (χ1n) is 4.98. The molecular formula is C13H9NOSZn. The van der Waals surface area contributed by atoms with Gasteiger partial charge in [0.15, 0.2) is 0 Å². The van der Waals surface area contributed by atoms with E-state index in [1.165, 1.54) is 0 Å². The minimum absolute atomic E-state index is 0. The number of nitrogens with zero attached hydrogens (tertiary/aromatic N) is 1. The summed E-state index contributed by atoms with van der Waals surface area (Å²) in [5.74, 6) is 0.279. The van der Waals surface area contributed by atoms with E-state index in [0.29, 0.717) is 0 Å². The van der Waals surface area contributed by atoms with Crippen LogP contribution in [0.1, 0.15) is 0 Å². The average molecular weight is 293 g/mol. The summed E-state index contributed by atoms with van der Waals surface area (Å²) < 4.78 is 1.14. The number of aromatic hydroxyl groups is 1. The van der Waals surface area contributed by atoms with Crippen LogP contribution in [0.15, 0.2) is 48.5 Å². The monoisotopic (exact) mass is 291 g/mol. The fourth-order valence-corrected chi connectivity index (χ4v) is 2.64. The average Bonchev–Trinajstić information content (AvgIpc) is 2.73. The van der Waals surface area contributed by atoms with Gasteiger partial charge in [-0.3, -0.25) is 0 Å². The third-order valence-corrected chi connectivity index (χ3v) is 3.50. The van der Waals surface area contributed by atoms with Gasteiger partial charge in [-0.15, -0.1) is 11.3 Å². The maximum absolute atomic E-state index is 9.76. The third-order valence-electron chi connectivity index (χ3n) is 2.43. The van der Waals surface area contributed by atoms with E-state index in [9.17, 15) is 5.11 Å². The molecule has 0 radical (unpaired) electrons. The summed E-state index contributed by atoms with van der Waals surface area (Å²) in [5.41, 5.74) is 1.77. The van der Waals surface area contributed by atoms with Crippen molar-refractivity contribution in [2.45, 2.75) is 0 Å². The maximum atomic E-state index is 9.76. The number of hydrogen-bond donors (Lipinski definition) is 1. The van der Waals surface area contributed by atoms with Crippen molar-refractivity contribution in [3.8, 4) is 16.3 Å². The topological polar surface area (TPSA) is 33.1 Å². The molecule has 0 fully saturated rings. The first-order valence-corrected chi connectivity index (χ1v) is 5.80. The molecule has 80 valence electrons. The molecule has 3 aromatic rings. The molecule has 0 aliphatic rings. The van der Waals surface area contributed by atoms with Crippen LogP contribution in [0.3, 0.4) is 0 Å². The van der Waals surface area contributed by atoms with Crippen LogP contribution >= 0.6 is 11.3 Å². The van der Waals surface area contributed by atoms with Crippen LogP contribution in [-0.2, 0) is 19.5 Å². The molecule has 1 N–H and O–H groups in total. The van der Waals surface area contributed by atoms with Crippen LogP contribution in [-0.4, -0.2) is 10.1 Å². The summed E-state index contributed by atoms with van der Waals surface area (Å²) in [6, 6.07) is 15.3. The zero-order chi connectivity index (χ0) is 11.0. The molecule has 0 bridgehead atoms. The Labute approximate surface area is 116 Å². The molecule has 0 spiro atoms. The molecule has 0 aliphatic carbocycles. The van der Waals surface area contributed by atoms with Crippen LogP contribution in [0, 0.1) is 0 Å². The van der Waals surface area contributed by atoms with Gasteiger partial charge in [-0.05, 0) is 24.3 Å². The molecule has 0 atom stereocenters. The normalized spacial score (nSPS) is 10.1. The van der Waals surface area contributed by atoms with E-state index < -0.39 is 0 Å². The number of fused-ring (bicyclic) bond motifs is 1. The second-order valence-electron chi connectivity index (χ2n) is 3.50. The molecule has 2 nitrogen and oxygen atoms in total. The van der Waals surface area contributed by atoms with Gasteiger partial charge < -0.3 is 5.11 Å². The van der Waals surface area contributed by atoms with Crippen molar-refractivity contribution in [3.63, 3.8) is 0 Å². The Hall–Kier alpha value is -1.25. The van der Waals surface area contributed by atoms with Crippen LogP contribution in [0.25, 0.3) is 20.8 Å². The van der Waals surface area contributed by atoms with E-state index in [-0.39, 0.29) is 25.2 Å². The molecule has 2 aromatic carbocycles. The van der Waals surface area contributed by atoms with Gasteiger partial charge in [0, 0.05) is 19.5 Å².